The first-order chi connectivity index (χ1) is 14.5. The minimum Gasteiger partial charge on any atom is -0.467 e. The number of carbonyl (C=O) groups excluding carboxylic acids is 2. The lowest BCUT2D eigenvalue weighted by Crippen LogP contribution is -2.40. The molecule has 2 unspecified atom stereocenters. The summed E-state index contributed by atoms with van der Waals surface area (Å²) in [5.74, 6) is 0.639. The molecule has 1 aromatic heterocycles. The third-order valence-electron chi connectivity index (χ3n) is 5.30. The van der Waals surface area contributed by atoms with E-state index in [1.807, 2.05) is 24.3 Å². The molecular weight excluding hydrogens is 519 g/mol. The SMILES string of the molecule is COC(=O)C(Nc1nc(CNC(=O)C2CCCCC2)nc2ccccc12)C(Cl)CI. The first-order valence-corrected chi connectivity index (χ1v) is 12.1. The van der Waals surface area contributed by atoms with E-state index >= 15 is 0 Å². The van der Waals surface area contributed by atoms with Gasteiger partial charge in [0.15, 0.2) is 5.82 Å². The lowest BCUT2D eigenvalue weighted by atomic mass is 9.89. The number of halogens is 2. The summed E-state index contributed by atoms with van der Waals surface area (Å²) in [6, 6.07) is 6.76. The average Bonchev–Trinajstić information content (AvgIpc) is 2.80. The van der Waals surface area contributed by atoms with E-state index in [1.54, 1.807) is 0 Å². The molecule has 1 aliphatic carbocycles. The second kappa shape index (κ2) is 11.1. The number of para-hydroxylation sites is 1. The van der Waals surface area contributed by atoms with Gasteiger partial charge in [0.2, 0.25) is 5.91 Å². The van der Waals surface area contributed by atoms with Gasteiger partial charge in [0.25, 0.3) is 0 Å². The van der Waals surface area contributed by atoms with Crippen molar-refractivity contribution in [3.63, 3.8) is 0 Å². The van der Waals surface area contributed by atoms with Crippen molar-refractivity contribution in [2.75, 3.05) is 16.9 Å². The van der Waals surface area contributed by atoms with Crippen LogP contribution in [-0.2, 0) is 20.9 Å². The smallest absolute Gasteiger partial charge is 0.329 e. The number of ether oxygens (including phenoxy) is 1. The van der Waals surface area contributed by atoms with Crippen LogP contribution in [0.25, 0.3) is 10.9 Å². The summed E-state index contributed by atoms with van der Waals surface area (Å²) in [6.07, 6.45) is 5.28. The maximum atomic E-state index is 12.5. The number of methoxy groups -OCH3 is 1. The van der Waals surface area contributed by atoms with Gasteiger partial charge < -0.3 is 15.4 Å². The van der Waals surface area contributed by atoms with E-state index in [0.717, 1.165) is 36.6 Å². The van der Waals surface area contributed by atoms with Gasteiger partial charge in [-0.05, 0) is 25.0 Å². The molecular formula is C21H26ClIN4O3. The molecule has 0 aliphatic heterocycles. The topological polar surface area (TPSA) is 93.2 Å². The highest BCUT2D eigenvalue weighted by Gasteiger charge is 2.28. The fourth-order valence-electron chi connectivity index (χ4n) is 3.65. The highest BCUT2D eigenvalue weighted by molar-refractivity contribution is 14.1. The van der Waals surface area contributed by atoms with Crippen molar-refractivity contribution in [1.82, 2.24) is 15.3 Å². The van der Waals surface area contributed by atoms with Crippen molar-refractivity contribution in [2.24, 2.45) is 5.92 Å². The Morgan fingerprint density at radius 3 is 2.67 bits per heavy atom. The highest BCUT2D eigenvalue weighted by atomic mass is 127. The van der Waals surface area contributed by atoms with Crippen molar-refractivity contribution in [1.29, 1.82) is 0 Å². The second-order valence-electron chi connectivity index (χ2n) is 7.37. The van der Waals surface area contributed by atoms with E-state index in [-0.39, 0.29) is 18.4 Å². The zero-order chi connectivity index (χ0) is 21.5. The molecule has 1 aromatic carbocycles. The predicted octanol–water partition coefficient (Wildman–Crippen LogP) is 3.82. The maximum Gasteiger partial charge on any atom is 0.329 e. The van der Waals surface area contributed by atoms with Crippen LogP contribution in [0.2, 0.25) is 0 Å². The van der Waals surface area contributed by atoms with Gasteiger partial charge in [0, 0.05) is 15.7 Å². The number of esters is 1. The van der Waals surface area contributed by atoms with Crippen molar-refractivity contribution in [3.8, 4) is 0 Å². The number of hydrogen-bond acceptors (Lipinski definition) is 6. The van der Waals surface area contributed by atoms with Gasteiger partial charge >= 0.3 is 5.97 Å². The zero-order valence-corrected chi connectivity index (χ0v) is 19.8. The Bertz CT molecular complexity index is 892. The van der Waals surface area contributed by atoms with E-state index in [1.165, 1.54) is 13.5 Å². The molecule has 0 saturated heterocycles. The number of aromatic nitrogens is 2. The van der Waals surface area contributed by atoms with Gasteiger partial charge in [0.05, 0.1) is 24.5 Å². The number of nitrogens with zero attached hydrogens (tertiary/aromatic N) is 2. The Morgan fingerprint density at radius 1 is 1.23 bits per heavy atom. The summed E-state index contributed by atoms with van der Waals surface area (Å²) in [7, 11) is 1.33. The molecule has 2 aromatic rings. The molecule has 162 valence electrons. The fourth-order valence-corrected chi connectivity index (χ4v) is 4.32. The van der Waals surface area contributed by atoms with Crippen LogP contribution in [0.1, 0.15) is 37.9 Å². The van der Waals surface area contributed by atoms with Crippen LogP contribution >= 0.6 is 34.2 Å². The fraction of sp³-hybridized carbons (Fsp3) is 0.524. The molecule has 9 heteroatoms. The monoisotopic (exact) mass is 544 g/mol. The van der Waals surface area contributed by atoms with E-state index in [4.69, 9.17) is 16.3 Å². The normalized spacial score (nSPS) is 16.6. The molecule has 2 atom stereocenters. The lowest BCUT2D eigenvalue weighted by molar-refractivity contribution is -0.141. The van der Waals surface area contributed by atoms with Crippen LogP contribution in [0, 0.1) is 5.92 Å². The lowest BCUT2D eigenvalue weighted by Gasteiger charge is -2.22. The predicted molar refractivity (Wildman–Crippen MR) is 126 cm³/mol. The molecule has 1 amide bonds. The summed E-state index contributed by atoms with van der Waals surface area (Å²) in [4.78, 5) is 33.9. The number of fused-ring (bicyclic) bond motifs is 1. The van der Waals surface area contributed by atoms with E-state index in [9.17, 15) is 9.59 Å². The first-order valence-electron chi connectivity index (χ1n) is 10.1. The number of alkyl halides is 2. The molecule has 1 fully saturated rings. The first kappa shape index (κ1) is 23.0. The van der Waals surface area contributed by atoms with Crippen LogP contribution in [0.4, 0.5) is 5.82 Å². The standard InChI is InChI=1S/C21H26ClIN4O3/c1-30-21(29)18(15(22)11-23)27-19-14-9-5-6-10-16(14)25-17(26-19)12-24-20(28)13-7-3-2-4-8-13/h5-6,9-10,13,15,18H,2-4,7-8,11-12H2,1H3,(H,24,28)(H,25,26,27). The number of carbonyl (C=O) groups is 2. The summed E-state index contributed by atoms with van der Waals surface area (Å²) in [5.41, 5.74) is 0.723. The average molecular weight is 545 g/mol. The number of nitrogens with one attached hydrogen (secondary N) is 2. The highest BCUT2D eigenvalue weighted by Crippen LogP contribution is 2.25. The molecule has 0 bridgehead atoms. The van der Waals surface area contributed by atoms with Crippen molar-refractivity contribution in [3.05, 3.63) is 30.1 Å². The minimum atomic E-state index is -0.753. The molecule has 1 saturated carbocycles. The molecule has 7 nitrogen and oxygen atoms in total. The van der Waals surface area contributed by atoms with E-state index in [0.29, 0.717) is 16.1 Å². The number of anilines is 1. The van der Waals surface area contributed by atoms with Crippen LogP contribution in [0.3, 0.4) is 0 Å². The third-order valence-corrected chi connectivity index (χ3v) is 7.18. The Kier molecular flexibility index (Phi) is 8.50. The zero-order valence-electron chi connectivity index (χ0n) is 16.9. The third kappa shape index (κ3) is 5.72. The van der Waals surface area contributed by atoms with Gasteiger partial charge in [-0.1, -0.05) is 54.0 Å². The van der Waals surface area contributed by atoms with Crippen LogP contribution < -0.4 is 10.6 Å². The maximum absolute atomic E-state index is 12.5. The largest absolute Gasteiger partial charge is 0.467 e. The van der Waals surface area contributed by atoms with E-state index < -0.39 is 17.4 Å². The number of amides is 1. The summed E-state index contributed by atoms with van der Waals surface area (Å²) in [6.45, 7) is 0.230. The number of rotatable bonds is 8. The summed E-state index contributed by atoms with van der Waals surface area (Å²) in [5, 5.41) is 6.41. The van der Waals surface area contributed by atoms with Gasteiger partial charge in [-0.3, -0.25) is 4.79 Å². The van der Waals surface area contributed by atoms with Crippen LogP contribution in [0.15, 0.2) is 24.3 Å². The molecule has 0 spiro atoms. The number of hydrogen-bond donors (Lipinski definition) is 2. The Morgan fingerprint density at radius 2 is 1.97 bits per heavy atom. The summed E-state index contributed by atoms with van der Waals surface area (Å²) < 4.78 is 5.46. The Hall–Kier alpha value is -1.68. The molecule has 2 N–H and O–H groups in total. The molecule has 30 heavy (non-hydrogen) atoms. The van der Waals surface area contributed by atoms with Gasteiger partial charge in [-0.2, -0.15) is 0 Å². The van der Waals surface area contributed by atoms with Gasteiger partial charge in [-0.25, -0.2) is 14.8 Å². The minimum absolute atomic E-state index is 0.0548. The quantitative estimate of drug-likeness (QED) is 0.298. The van der Waals surface area contributed by atoms with Crippen LogP contribution in [-0.4, -0.2) is 44.8 Å². The summed E-state index contributed by atoms with van der Waals surface area (Å²) >= 11 is 8.49. The van der Waals surface area contributed by atoms with E-state index in [2.05, 4.69) is 43.2 Å². The Labute approximate surface area is 194 Å². The molecule has 1 aliphatic rings. The van der Waals surface area contributed by atoms with Crippen molar-refractivity contribution in [2.45, 2.75) is 50.1 Å². The van der Waals surface area contributed by atoms with Crippen LogP contribution in [0.5, 0.6) is 0 Å². The Balaban J connectivity index is 1.82. The number of benzene rings is 1. The van der Waals surface area contributed by atoms with Crippen molar-refractivity contribution >= 4 is 62.8 Å². The molecule has 3 rings (SSSR count). The van der Waals surface area contributed by atoms with Gasteiger partial charge in [-0.15, -0.1) is 11.6 Å². The second-order valence-corrected chi connectivity index (χ2v) is 8.82. The molecule has 0 radical (unpaired) electrons. The molecule has 1 heterocycles. The van der Waals surface area contributed by atoms with Crippen molar-refractivity contribution < 1.29 is 14.3 Å². The van der Waals surface area contributed by atoms with Gasteiger partial charge in [0.1, 0.15) is 11.9 Å².